The average molecular weight is 527 g/mol. The summed E-state index contributed by atoms with van der Waals surface area (Å²) in [5, 5.41) is 10.7. The number of para-hydroxylation sites is 1. The number of nitrogens with zero attached hydrogens (tertiary/aromatic N) is 3. The van der Waals surface area contributed by atoms with E-state index < -0.39 is 0 Å². The van der Waals surface area contributed by atoms with Gasteiger partial charge in [-0.05, 0) is 49.1 Å². The van der Waals surface area contributed by atoms with Gasteiger partial charge in [0.25, 0.3) is 0 Å². The van der Waals surface area contributed by atoms with Crippen molar-refractivity contribution >= 4 is 10.9 Å². The third-order valence-electron chi connectivity index (χ3n) is 7.24. The molecule has 0 amide bonds. The van der Waals surface area contributed by atoms with Gasteiger partial charge in [-0.2, -0.15) is 0 Å². The number of hydrogen-bond donors (Lipinski definition) is 3. The van der Waals surface area contributed by atoms with E-state index in [1.807, 2.05) is 30.3 Å². The van der Waals surface area contributed by atoms with Crippen LogP contribution >= 0.6 is 0 Å². The second kappa shape index (κ2) is 12.6. The molecule has 0 aliphatic rings. The van der Waals surface area contributed by atoms with Crippen molar-refractivity contribution in [3.63, 3.8) is 0 Å². The van der Waals surface area contributed by atoms with E-state index in [0.717, 1.165) is 53.5 Å². The first-order valence-electron chi connectivity index (χ1n) is 13.0. The minimum Gasteiger partial charge on any atom is -0.497 e. The number of aromatic nitrogens is 4. The minimum absolute atomic E-state index is 0. The van der Waals surface area contributed by atoms with Crippen molar-refractivity contribution in [2.45, 2.75) is 44.7 Å². The number of nitrogens with one attached hydrogen (secondary N) is 1. The fraction of sp³-hybridized carbons (Fsp3) is 0.290. The number of aromatic amines is 1. The van der Waals surface area contributed by atoms with Crippen LogP contribution in [-0.2, 0) is 25.8 Å². The summed E-state index contributed by atoms with van der Waals surface area (Å²) < 4.78 is 13.4. The average Bonchev–Trinajstić information content (AvgIpc) is 3.54. The van der Waals surface area contributed by atoms with Gasteiger partial charge in [-0.3, -0.25) is 0 Å². The molecule has 0 spiro atoms. The summed E-state index contributed by atoms with van der Waals surface area (Å²) >= 11 is 0. The molecule has 8 heteroatoms. The van der Waals surface area contributed by atoms with Crippen LogP contribution < -0.4 is 21.4 Å². The largest absolute Gasteiger partial charge is 0.497 e. The third-order valence-corrected chi connectivity index (χ3v) is 7.24. The normalized spacial score (nSPS) is 12.6. The van der Waals surface area contributed by atoms with Crippen LogP contribution in [0.3, 0.4) is 0 Å². The molecule has 0 aliphatic carbocycles. The zero-order valence-corrected chi connectivity index (χ0v) is 22.9. The molecule has 2 aromatic heterocycles. The summed E-state index contributed by atoms with van der Waals surface area (Å²) in [6, 6.07) is 24.6. The molecule has 5 aromatic rings. The van der Waals surface area contributed by atoms with Crippen LogP contribution in [0.15, 0.2) is 79.0 Å². The fourth-order valence-electron chi connectivity index (χ4n) is 5.08. The van der Waals surface area contributed by atoms with Crippen LogP contribution in [-0.4, -0.2) is 40.0 Å². The predicted octanol–water partition coefficient (Wildman–Crippen LogP) is 5.45. The second-order valence-electron chi connectivity index (χ2n) is 9.75. The van der Waals surface area contributed by atoms with Crippen LogP contribution in [0.1, 0.15) is 41.2 Å². The topological polar surface area (TPSA) is 126 Å². The van der Waals surface area contributed by atoms with Crippen LogP contribution in [0, 0.1) is 0 Å². The molecule has 204 valence electrons. The minimum atomic E-state index is -0.119. The quantitative estimate of drug-likeness (QED) is 0.210. The Bertz CT molecular complexity index is 1490. The highest BCUT2D eigenvalue weighted by atomic mass is 16.5. The van der Waals surface area contributed by atoms with Gasteiger partial charge in [0.05, 0.1) is 20.8 Å². The lowest BCUT2D eigenvalue weighted by Gasteiger charge is -2.22. The number of nitrogens with two attached hydrogens (primary N) is 1. The van der Waals surface area contributed by atoms with E-state index in [9.17, 15) is 0 Å². The lowest BCUT2D eigenvalue weighted by molar-refractivity contribution is 0.389. The van der Waals surface area contributed by atoms with Gasteiger partial charge in [0.15, 0.2) is 0 Å². The van der Waals surface area contributed by atoms with Gasteiger partial charge in [0.1, 0.15) is 23.1 Å². The highest BCUT2D eigenvalue weighted by molar-refractivity contribution is 5.83. The van der Waals surface area contributed by atoms with Crippen molar-refractivity contribution in [3.8, 4) is 11.5 Å². The van der Waals surface area contributed by atoms with Crippen LogP contribution in [0.2, 0.25) is 0 Å². The van der Waals surface area contributed by atoms with E-state index in [0.29, 0.717) is 6.54 Å². The molecule has 1 unspecified atom stereocenters. The Balaban J connectivity index is 0.00000353. The molecule has 2 heterocycles. The van der Waals surface area contributed by atoms with Gasteiger partial charge >= 0.3 is 0 Å². The van der Waals surface area contributed by atoms with Crippen molar-refractivity contribution < 1.29 is 9.47 Å². The molecule has 0 saturated heterocycles. The summed E-state index contributed by atoms with van der Waals surface area (Å²) in [4.78, 5) is 3.40. The first-order chi connectivity index (χ1) is 18.6. The molecule has 5 rings (SSSR count). The highest BCUT2D eigenvalue weighted by Crippen LogP contribution is 2.30. The molecule has 0 fully saturated rings. The maximum Gasteiger partial charge on any atom is 0.138 e. The van der Waals surface area contributed by atoms with E-state index in [2.05, 4.69) is 65.1 Å². The molecule has 0 radical (unpaired) electrons. The molecule has 39 heavy (non-hydrogen) atoms. The molecule has 0 aliphatic heterocycles. The summed E-state index contributed by atoms with van der Waals surface area (Å²) in [5.74, 6) is 3.34. The van der Waals surface area contributed by atoms with E-state index in [4.69, 9.17) is 25.4 Å². The molecule has 8 nitrogen and oxygen atoms in total. The van der Waals surface area contributed by atoms with E-state index in [1.54, 1.807) is 14.2 Å². The number of ether oxygens (including phenoxy) is 2. The van der Waals surface area contributed by atoms with Gasteiger partial charge in [-0.1, -0.05) is 48.5 Å². The molecule has 0 bridgehead atoms. The standard InChI is InChI=1S/C31H35N5O2.H3N/c1-21(32)27(17-24-19-33-28-12-8-7-11-26(24)28)31-35-34-30(16-13-22-9-5-4-6-10-22)36(31)20-23-14-15-25(37-2)18-29(23)38-3;/h4-12,14-15,18-19,21,27,33H,13,16-17,20,32H2,1-3H3;1H3/t21?,27-;/m1./s1. The first-order valence-corrected chi connectivity index (χ1v) is 13.0. The van der Waals surface area contributed by atoms with Crippen molar-refractivity contribution in [1.82, 2.24) is 25.9 Å². The zero-order valence-electron chi connectivity index (χ0n) is 22.9. The summed E-state index contributed by atoms with van der Waals surface area (Å²) in [6.07, 6.45) is 4.50. The number of aryl methyl sites for hydroxylation is 2. The molecule has 3 aromatic carbocycles. The van der Waals surface area contributed by atoms with Crippen LogP contribution in [0.4, 0.5) is 0 Å². The van der Waals surface area contributed by atoms with Crippen molar-refractivity contribution in [2.75, 3.05) is 14.2 Å². The number of fused-ring (bicyclic) bond motifs is 1. The molecular weight excluding hydrogens is 488 g/mol. The molecule has 2 atom stereocenters. The summed E-state index contributed by atoms with van der Waals surface area (Å²) in [6.45, 7) is 2.63. The predicted molar refractivity (Wildman–Crippen MR) is 156 cm³/mol. The van der Waals surface area contributed by atoms with Gasteiger partial charge in [-0.15, -0.1) is 10.2 Å². The number of hydrogen-bond acceptors (Lipinski definition) is 6. The van der Waals surface area contributed by atoms with Gasteiger partial charge in [-0.25, -0.2) is 0 Å². The second-order valence-corrected chi connectivity index (χ2v) is 9.75. The lowest BCUT2D eigenvalue weighted by atomic mass is 9.92. The van der Waals surface area contributed by atoms with Crippen molar-refractivity contribution in [3.05, 3.63) is 107 Å². The maximum atomic E-state index is 6.63. The number of methoxy groups -OCH3 is 2. The number of H-pyrrole nitrogens is 1. The van der Waals surface area contributed by atoms with Crippen molar-refractivity contribution in [2.24, 2.45) is 5.73 Å². The fourth-order valence-corrected chi connectivity index (χ4v) is 5.08. The molecular formula is C31H38N6O2. The maximum absolute atomic E-state index is 6.63. The third kappa shape index (κ3) is 6.13. The van der Waals surface area contributed by atoms with Crippen LogP contribution in [0.25, 0.3) is 10.9 Å². The Kier molecular flexibility index (Phi) is 9.01. The summed E-state index contributed by atoms with van der Waals surface area (Å²) in [5.41, 5.74) is 11.3. The van der Waals surface area contributed by atoms with E-state index in [1.165, 1.54) is 16.5 Å². The Labute approximate surface area is 229 Å². The molecule has 6 N–H and O–H groups in total. The zero-order chi connectivity index (χ0) is 26.5. The monoisotopic (exact) mass is 526 g/mol. The lowest BCUT2D eigenvalue weighted by Crippen LogP contribution is -2.29. The van der Waals surface area contributed by atoms with Gasteiger partial charge < -0.3 is 30.9 Å². The van der Waals surface area contributed by atoms with E-state index >= 15 is 0 Å². The number of benzene rings is 3. The number of rotatable bonds is 11. The SMILES string of the molecule is COc1ccc(Cn2c(CCc3ccccc3)nnc2[C@H](Cc2c[nH]c3ccccc23)C(C)N)c(OC)c1.N. The Morgan fingerprint density at radius 3 is 2.41 bits per heavy atom. The van der Waals surface area contributed by atoms with Crippen molar-refractivity contribution in [1.29, 1.82) is 0 Å². The van der Waals surface area contributed by atoms with E-state index in [-0.39, 0.29) is 18.1 Å². The summed E-state index contributed by atoms with van der Waals surface area (Å²) in [7, 11) is 3.34. The van der Waals surface area contributed by atoms with Gasteiger partial charge in [0, 0.05) is 47.1 Å². The highest BCUT2D eigenvalue weighted by Gasteiger charge is 2.26. The molecule has 0 saturated carbocycles. The van der Waals surface area contributed by atoms with Crippen LogP contribution in [0.5, 0.6) is 11.5 Å². The Morgan fingerprint density at radius 1 is 0.897 bits per heavy atom. The first kappa shape index (κ1) is 27.9. The Morgan fingerprint density at radius 2 is 1.67 bits per heavy atom. The van der Waals surface area contributed by atoms with Gasteiger partial charge in [0.2, 0.25) is 0 Å². The smallest absolute Gasteiger partial charge is 0.138 e. The Hall–Kier alpha value is -4.14.